The molecule has 2 amide bonds. The molecule has 0 aliphatic rings. The molecule has 1 atom stereocenters. The number of nitrogens with two attached hydrogens (primary N) is 1. The van der Waals surface area contributed by atoms with E-state index >= 15 is 0 Å². The van der Waals surface area contributed by atoms with Crippen LogP contribution < -0.4 is 16.4 Å². The molecule has 5 nitrogen and oxygen atoms in total. The molecule has 1 aromatic rings. The van der Waals surface area contributed by atoms with Crippen molar-refractivity contribution in [3.63, 3.8) is 0 Å². The van der Waals surface area contributed by atoms with Crippen LogP contribution in [-0.4, -0.2) is 24.4 Å². The highest BCUT2D eigenvalue weighted by Crippen LogP contribution is 2.11. The molecule has 0 spiro atoms. The molecule has 0 aromatic heterocycles. The maximum atomic E-state index is 11.9. The third kappa shape index (κ3) is 6.40. The summed E-state index contributed by atoms with van der Waals surface area (Å²) in [7, 11) is 0. The number of hydrogen-bond acceptors (Lipinski definition) is 3. The Kier molecular flexibility index (Phi) is 6.88. The molecule has 0 fully saturated rings. The Hall–Kier alpha value is -1.88. The largest absolute Gasteiger partial charge is 0.356 e. The zero-order valence-corrected chi connectivity index (χ0v) is 13.0. The number of anilines is 1. The van der Waals surface area contributed by atoms with E-state index in [1.54, 1.807) is 12.1 Å². The van der Waals surface area contributed by atoms with Gasteiger partial charge in [-0.2, -0.15) is 0 Å². The van der Waals surface area contributed by atoms with Crippen molar-refractivity contribution < 1.29 is 9.59 Å². The molecule has 1 rings (SSSR count). The lowest BCUT2D eigenvalue weighted by Gasteiger charge is -2.14. The van der Waals surface area contributed by atoms with Crippen LogP contribution in [0, 0.1) is 5.92 Å². The molecule has 4 N–H and O–H groups in total. The van der Waals surface area contributed by atoms with Crippen LogP contribution in [0.5, 0.6) is 0 Å². The van der Waals surface area contributed by atoms with E-state index < -0.39 is 6.04 Å². The van der Waals surface area contributed by atoms with Crippen LogP contribution in [0.15, 0.2) is 24.3 Å². The molecule has 0 unspecified atom stereocenters. The number of carbonyl (C=O) groups is 2. The molecule has 0 aliphatic heterocycles. The summed E-state index contributed by atoms with van der Waals surface area (Å²) in [6.45, 7) is 6.57. The summed E-state index contributed by atoms with van der Waals surface area (Å²) in [5.41, 5.74) is 7.43. The van der Waals surface area contributed by atoms with Gasteiger partial charge in [0.2, 0.25) is 11.8 Å². The van der Waals surface area contributed by atoms with Gasteiger partial charge in [-0.1, -0.05) is 26.0 Å². The van der Waals surface area contributed by atoms with Gasteiger partial charge in [0.05, 0.1) is 12.5 Å². The molecule has 0 bridgehead atoms. The van der Waals surface area contributed by atoms with Gasteiger partial charge in [-0.15, -0.1) is 0 Å². The summed E-state index contributed by atoms with van der Waals surface area (Å²) in [4.78, 5) is 23.4. The third-order valence-corrected chi connectivity index (χ3v) is 3.02. The predicted molar refractivity (Wildman–Crippen MR) is 84.9 cm³/mol. The summed E-state index contributed by atoms with van der Waals surface area (Å²) < 4.78 is 0. The Morgan fingerprint density at radius 1 is 1.19 bits per heavy atom. The molecule has 21 heavy (non-hydrogen) atoms. The molecular formula is C16H25N3O2. The number of likely N-dealkylation sites (N-methyl/N-ethyl adjacent to an activating group) is 1. The van der Waals surface area contributed by atoms with Crippen molar-refractivity contribution in [3.8, 4) is 0 Å². The molecule has 5 heteroatoms. The van der Waals surface area contributed by atoms with Gasteiger partial charge in [-0.25, -0.2) is 0 Å². The highest BCUT2D eigenvalue weighted by molar-refractivity contribution is 5.94. The zero-order valence-electron chi connectivity index (χ0n) is 13.0. The van der Waals surface area contributed by atoms with Crippen molar-refractivity contribution in [2.45, 2.75) is 39.7 Å². The lowest BCUT2D eigenvalue weighted by molar-refractivity contribution is -0.120. The van der Waals surface area contributed by atoms with Crippen molar-refractivity contribution in [2.75, 3.05) is 11.9 Å². The van der Waals surface area contributed by atoms with Crippen LogP contribution in [0.3, 0.4) is 0 Å². The summed E-state index contributed by atoms with van der Waals surface area (Å²) in [6, 6.07) is 6.74. The van der Waals surface area contributed by atoms with E-state index in [0.717, 1.165) is 5.56 Å². The molecular weight excluding hydrogens is 266 g/mol. The van der Waals surface area contributed by atoms with Crippen LogP contribution in [0.1, 0.15) is 32.8 Å². The van der Waals surface area contributed by atoms with E-state index in [0.29, 0.717) is 31.0 Å². The highest BCUT2D eigenvalue weighted by Gasteiger charge is 2.14. The van der Waals surface area contributed by atoms with E-state index in [4.69, 9.17) is 5.73 Å². The van der Waals surface area contributed by atoms with Crippen molar-refractivity contribution in [1.29, 1.82) is 0 Å². The Bertz CT molecular complexity index is 469. The first-order chi connectivity index (χ1) is 9.92. The first kappa shape index (κ1) is 17.2. The van der Waals surface area contributed by atoms with Crippen LogP contribution >= 0.6 is 0 Å². The summed E-state index contributed by atoms with van der Waals surface area (Å²) in [5.74, 6) is 0.193. The van der Waals surface area contributed by atoms with Crippen LogP contribution in [0.25, 0.3) is 0 Å². The van der Waals surface area contributed by atoms with Crippen LogP contribution in [0.4, 0.5) is 5.69 Å². The SMILES string of the molecule is CCNC(=O)Cc1ccc(NC(=O)[C@@H](N)CC(C)C)cc1. The number of hydrogen-bond donors (Lipinski definition) is 3. The van der Waals surface area contributed by atoms with E-state index in [9.17, 15) is 9.59 Å². The van der Waals surface area contributed by atoms with E-state index in [-0.39, 0.29) is 11.8 Å². The van der Waals surface area contributed by atoms with Crippen LogP contribution in [0.2, 0.25) is 0 Å². The Labute approximate surface area is 126 Å². The number of carbonyl (C=O) groups excluding carboxylic acids is 2. The van der Waals surface area contributed by atoms with Crippen molar-refractivity contribution in [1.82, 2.24) is 5.32 Å². The summed E-state index contributed by atoms with van der Waals surface area (Å²) in [6.07, 6.45) is 0.996. The van der Waals surface area contributed by atoms with E-state index in [1.165, 1.54) is 0 Å². The highest BCUT2D eigenvalue weighted by atomic mass is 16.2. The minimum Gasteiger partial charge on any atom is -0.356 e. The lowest BCUT2D eigenvalue weighted by atomic mass is 10.0. The maximum absolute atomic E-state index is 11.9. The van der Waals surface area contributed by atoms with E-state index in [2.05, 4.69) is 10.6 Å². The fraction of sp³-hybridized carbons (Fsp3) is 0.500. The third-order valence-electron chi connectivity index (χ3n) is 3.02. The number of benzene rings is 1. The average Bonchev–Trinajstić information content (AvgIpc) is 2.40. The average molecular weight is 291 g/mol. The second-order valence-corrected chi connectivity index (χ2v) is 5.55. The van der Waals surface area contributed by atoms with Gasteiger partial charge in [0, 0.05) is 12.2 Å². The van der Waals surface area contributed by atoms with Crippen molar-refractivity contribution >= 4 is 17.5 Å². The second kappa shape index (κ2) is 8.42. The summed E-state index contributed by atoms with van der Waals surface area (Å²) >= 11 is 0. The quantitative estimate of drug-likeness (QED) is 0.714. The Balaban J connectivity index is 2.54. The number of amides is 2. The second-order valence-electron chi connectivity index (χ2n) is 5.55. The van der Waals surface area contributed by atoms with E-state index in [1.807, 2.05) is 32.9 Å². The molecule has 116 valence electrons. The van der Waals surface area contributed by atoms with Gasteiger partial charge in [0.15, 0.2) is 0 Å². The number of rotatable bonds is 7. The zero-order chi connectivity index (χ0) is 15.8. The topological polar surface area (TPSA) is 84.2 Å². The fourth-order valence-electron chi connectivity index (χ4n) is 2.00. The van der Waals surface area contributed by atoms with Crippen molar-refractivity contribution in [3.05, 3.63) is 29.8 Å². The predicted octanol–water partition coefficient (Wildman–Crippen LogP) is 1.68. The lowest BCUT2D eigenvalue weighted by Crippen LogP contribution is -2.36. The molecule has 0 aliphatic carbocycles. The van der Waals surface area contributed by atoms with Crippen LogP contribution in [-0.2, 0) is 16.0 Å². The Morgan fingerprint density at radius 3 is 2.33 bits per heavy atom. The van der Waals surface area contributed by atoms with Gasteiger partial charge in [-0.05, 0) is 37.0 Å². The smallest absolute Gasteiger partial charge is 0.241 e. The van der Waals surface area contributed by atoms with Gasteiger partial charge in [0.1, 0.15) is 0 Å². The molecule has 0 radical (unpaired) electrons. The molecule has 1 aromatic carbocycles. The summed E-state index contributed by atoms with van der Waals surface area (Å²) in [5, 5.41) is 5.54. The van der Waals surface area contributed by atoms with Gasteiger partial charge in [0.25, 0.3) is 0 Å². The standard InChI is InChI=1S/C16H25N3O2/c1-4-18-15(20)10-12-5-7-13(8-6-12)19-16(21)14(17)9-11(2)3/h5-8,11,14H,4,9-10,17H2,1-3H3,(H,18,20)(H,19,21)/t14-/m0/s1. The van der Waals surface area contributed by atoms with Gasteiger partial charge in [-0.3, -0.25) is 9.59 Å². The molecule has 0 saturated carbocycles. The first-order valence-electron chi connectivity index (χ1n) is 7.34. The fourth-order valence-corrected chi connectivity index (χ4v) is 2.00. The number of nitrogens with one attached hydrogen (secondary N) is 2. The van der Waals surface area contributed by atoms with Gasteiger partial charge >= 0.3 is 0 Å². The minimum absolute atomic E-state index is 0.00626. The monoisotopic (exact) mass is 291 g/mol. The molecule has 0 saturated heterocycles. The molecule has 0 heterocycles. The minimum atomic E-state index is -0.500. The first-order valence-corrected chi connectivity index (χ1v) is 7.34. The van der Waals surface area contributed by atoms with Crippen molar-refractivity contribution in [2.24, 2.45) is 11.7 Å². The van der Waals surface area contributed by atoms with Gasteiger partial charge < -0.3 is 16.4 Å². The Morgan fingerprint density at radius 2 is 1.81 bits per heavy atom. The normalized spacial score (nSPS) is 12.0. The maximum Gasteiger partial charge on any atom is 0.241 e.